The molecule has 6 saturated heterocycles. The Balaban J connectivity index is -0.000000140. The smallest absolute Gasteiger partial charge is 0.152 e. The number of aromatic nitrogens is 2. The van der Waals surface area contributed by atoms with Crippen LogP contribution in [0.3, 0.4) is 0 Å². The summed E-state index contributed by atoms with van der Waals surface area (Å²) in [5.41, 5.74) is 3.44. The number of likely N-dealkylation sites (tertiary alicyclic amines) is 3. The van der Waals surface area contributed by atoms with Gasteiger partial charge in [-0.3, -0.25) is 5.10 Å². The van der Waals surface area contributed by atoms with Gasteiger partial charge < -0.3 is 150 Å². The molecule has 0 aromatic carbocycles. The molecule has 7 rings (SSSR count). The van der Waals surface area contributed by atoms with Crippen molar-refractivity contribution in [3.05, 3.63) is 12.4 Å². The summed E-state index contributed by atoms with van der Waals surface area (Å²) in [6, 6.07) is 0.559. The minimum Gasteiger partial charge on any atom is -0.395 e. The lowest BCUT2D eigenvalue weighted by molar-refractivity contribution is -0.0855. The number of likely N-dealkylation sites (N-methyl/N-ethyl adjacent to an activating group) is 8. The van der Waals surface area contributed by atoms with E-state index >= 15 is 0 Å². The molecule has 1 aromatic heterocycles. The highest BCUT2D eigenvalue weighted by Gasteiger charge is 2.19. The minimum atomic E-state index is -2.66. The van der Waals surface area contributed by atoms with E-state index in [-0.39, 0.29) is 57.9 Å². The van der Waals surface area contributed by atoms with Gasteiger partial charge in [-0.2, -0.15) is 21.9 Å². The summed E-state index contributed by atoms with van der Waals surface area (Å²) in [5, 5.41) is 101. The number of hydrogen-bond acceptors (Lipinski definition) is 36. The van der Waals surface area contributed by atoms with Crippen LogP contribution in [0, 0.1) is 0 Å². The summed E-state index contributed by atoms with van der Waals surface area (Å²) in [6.45, 7) is 22.2. The summed E-state index contributed by atoms with van der Waals surface area (Å²) in [4.78, 5) is 26.0. The second kappa shape index (κ2) is 102. The van der Waals surface area contributed by atoms with Crippen molar-refractivity contribution in [2.45, 2.75) is 62.5 Å². The van der Waals surface area contributed by atoms with Crippen molar-refractivity contribution in [2.75, 3.05) is 395 Å². The Morgan fingerprint density at radius 2 is 1.01 bits per heavy atom. The Hall–Kier alpha value is -1.93. The van der Waals surface area contributed by atoms with Crippen LogP contribution in [0.25, 0.3) is 0 Å². The number of piperidine rings is 1. The van der Waals surface area contributed by atoms with E-state index < -0.39 is 15.9 Å². The van der Waals surface area contributed by atoms with Gasteiger partial charge in [-0.25, -0.2) is 13.9 Å². The number of anilines is 1. The van der Waals surface area contributed by atoms with E-state index in [1.165, 1.54) is 56.9 Å². The van der Waals surface area contributed by atoms with Crippen LogP contribution < -0.4 is 37.4 Å². The van der Waals surface area contributed by atoms with Crippen LogP contribution in [0.4, 0.5) is 5.69 Å². The molecule has 17 N–H and O–H groups in total. The first kappa shape index (κ1) is 125. The molecular weight excluding hydrogens is 1460 g/mol. The molecule has 36 nitrogen and oxygen atoms in total. The summed E-state index contributed by atoms with van der Waals surface area (Å²) in [7, 11) is 42.0. The fourth-order valence-electron chi connectivity index (χ4n) is 7.16. The largest absolute Gasteiger partial charge is 0.395 e. The number of aliphatic hydroxyl groups is 9. The van der Waals surface area contributed by atoms with Crippen LogP contribution in [-0.4, -0.2) is 529 Å². The number of H-pyrrole nitrogens is 1. The molecular formula is C71H174N18O18S2. The van der Waals surface area contributed by atoms with E-state index in [4.69, 9.17) is 69.6 Å². The third kappa shape index (κ3) is 119. The van der Waals surface area contributed by atoms with Crippen LogP contribution in [0.2, 0.25) is 0 Å². The second-order valence-electron chi connectivity index (χ2n) is 25.8. The van der Waals surface area contributed by atoms with E-state index in [9.17, 15) is 8.42 Å². The molecule has 38 heteroatoms. The molecule has 0 saturated carbocycles. The molecule has 0 radical (unpaired) electrons. The van der Waals surface area contributed by atoms with Gasteiger partial charge in [0.1, 0.15) is 0 Å². The average Bonchev–Trinajstić information content (AvgIpc) is 1.22. The minimum absolute atomic E-state index is 0.00694. The molecule has 6 aliphatic rings. The van der Waals surface area contributed by atoms with E-state index in [0.717, 1.165) is 111 Å². The van der Waals surface area contributed by atoms with Crippen LogP contribution in [0.15, 0.2) is 12.4 Å². The fraction of sp³-hybridized carbons (Fsp3) is 0.958. The van der Waals surface area contributed by atoms with Crippen molar-refractivity contribution in [3.8, 4) is 0 Å². The molecule has 1 unspecified atom stereocenters. The van der Waals surface area contributed by atoms with Crippen molar-refractivity contribution < 1.29 is 87.7 Å². The van der Waals surface area contributed by atoms with Crippen molar-refractivity contribution in [3.63, 3.8) is 0 Å². The number of thioether (sulfide) groups is 1. The predicted octanol–water partition coefficient (Wildman–Crippen LogP) is -4.11. The number of nitrogens with one attached hydrogen (secondary N) is 8. The van der Waals surface area contributed by atoms with Gasteiger partial charge in [0.05, 0.1) is 128 Å². The lowest BCUT2D eigenvalue weighted by Gasteiger charge is -2.31. The van der Waals surface area contributed by atoms with Crippen LogP contribution >= 0.6 is 11.8 Å². The Morgan fingerprint density at radius 1 is 0.578 bits per heavy atom. The topological polar surface area (TPSA) is 423 Å². The van der Waals surface area contributed by atoms with Crippen LogP contribution in [0.5, 0.6) is 0 Å². The second-order valence-corrected chi connectivity index (χ2v) is 29.3. The van der Waals surface area contributed by atoms with E-state index in [0.29, 0.717) is 56.8 Å². The van der Waals surface area contributed by atoms with Gasteiger partial charge >= 0.3 is 0 Å². The van der Waals surface area contributed by atoms with Crippen molar-refractivity contribution >= 4 is 27.3 Å². The molecule has 0 aliphatic carbocycles. The molecule has 1 aromatic rings. The van der Waals surface area contributed by atoms with Gasteiger partial charge in [0.25, 0.3) is 0 Å². The van der Waals surface area contributed by atoms with Crippen LogP contribution in [0.1, 0.15) is 32.1 Å². The van der Waals surface area contributed by atoms with Gasteiger partial charge in [0, 0.05) is 198 Å². The van der Waals surface area contributed by atoms with E-state index in [2.05, 4.69) is 127 Å². The molecule has 109 heavy (non-hydrogen) atoms. The highest BCUT2D eigenvalue weighted by atomic mass is 32.2. The summed E-state index contributed by atoms with van der Waals surface area (Å²) < 4.78 is 46.1. The molecule has 0 bridgehead atoms. The van der Waals surface area contributed by atoms with Crippen molar-refractivity contribution in [1.82, 2.24) is 86.5 Å². The zero-order chi connectivity index (χ0) is 85.2. The normalized spacial score (nSPS) is 16.4. The zero-order valence-corrected chi connectivity index (χ0v) is 74.7. The quantitative estimate of drug-likeness (QED) is 0.0280. The van der Waals surface area contributed by atoms with Gasteiger partial charge in [0.15, 0.2) is 9.84 Å². The molecule has 6 fully saturated rings. The zero-order valence-electron chi connectivity index (χ0n) is 73.1. The van der Waals surface area contributed by atoms with Crippen LogP contribution in [-0.2, 0) is 43.2 Å². The monoisotopic (exact) mass is 1630 g/mol. The molecule has 1 atom stereocenters. The summed E-state index contributed by atoms with van der Waals surface area (Å²) in [6.07, 6.45) is 8.53. The maximum atomic E-state index is 10.8. The number of nitrogens with zero attached hydrogens (tertiary/aromatic N) is 10. The highest BCUT2D eigenvalue weighted by molar-refractivity contribution is 7.99. The number of ether oxygens (including phenoxy) is 5. The van der Waals surface area contributed by atoms with Gasteiger partial charge in [-0.1, -0.05) is 0 Å². The lowest BCUT2D eigenvalue weighted by Crippen LogP contribution is -2.47. The standard InChI is InChI=1S/C7H17NO2.2C6H13NO.C5H11NO2S.C5H13NO2.C5H13NO.C5H11NS.C4H7N3.2C4H11NO2.C4H9NO.C4H11NO.C4H9N.2C3H9NO.C2H7NO/c1-8(4-6-9-2)5-7-10-3;1-7-6-2-4-8-5-3-6;1-7-4-2-6(8)3-5-7;1-6-2-4-9(7,8)5-3-6;1-6(2-4-7)3-5-8;1-6(2)4-5-7-3;1-6-2-4-7-5-3-6;1-5-4-2-6-7-3-4;1-5-4(2-6)3-7;1-5-2-4(7)3-6;1-5-2-4(6)3-5;1-5-3-4-6-2;1-5-3-2-4-5;1-4(2)5-3;1-4-2-3-5;1-3-4-2/h4-7H2,1-3H3;6-7H,2-5H2,1H3;6,8H,2-5H2,1H3;2-5H2,1H3;7-8H,2-5H2,1H3;4-5H2,1-3H3;2-5H2,1H3;2-3,5H,1H3,(H,6,7);2*4-7H,2-3H2,1H3;4,6H,2-3H2,1H3;5H,3-4H2,1-2H3;2-4H2,1H3;1-3H3;4-5H,2-3H2,1H3;3H,1-2H3. The molecule has 0 amide bonds. The number of hydrogen-bond donors (Lipinski definition) is 17. The summed E-state index contributed by atoms with van der Waals surface area (Å²) >= 11 is 2.06. The third-order valence-corrected chi connectivity index (χ3v) is 17.6. The van der Waals surface area contributed by atoms with Crippen molar-refractivity contribution in [2.24, 2.45) is 0 Å². The lowest BCUT2D eigenvalue weighted by atomic mass is 10.1. The van der Waals surface area contributed by atoms with Gasteiger partial charge in [-0.15, -0.1) is 0 Å². The number of hydroxylamine groups is 3. The number of rotatable bonds is 28. The SMILES string of the molecule is CN(CCO)CCO.CN1CC(O)C1.CN1CCC(O)CC1.CN1CCC1.CN1CCS(=O)(=O)CC1.CN1CCSCC1.CNC(CO)CO.CNC1CCOCC1.CNCC(O)CO.CNCCO.CNCCOC.CNOC.CNc1cn[nH]c1.COCCN(C)C.COCCN(C)CCOC.CON(C)C. The predicted molar refractivity (Wildman–Crippen MR) is 451 cm³/mol. The third-order valence-electron chi connectivity index (χ3n) is 15.1. The molecule has 0 spiro atoms. The fourth-order valence-corrected chi connectivity index (χ4v) is 9.63. The summed E-state index contributed by atoms with van der Waals surface area (Å²) in [5.74, 6) is 3.33. The molecule has 668 valence electrons. The number of methoxy groups -OCH3 is 4. The number of β-amino-alcohol motifs (C(OH)–C–C–N with tert-alkyl or cyclic N) is 1. The number of sulfone groups is 1. The maximum Gasteiger partial charge on any atom is 0.152 e. The number of aromatic amines is 1. The Kier molecular flexibility index (Phi) is 117. The Bertz CT molecular complexity index is 1770. The van der Waals surface area contributed by atoms with Crippen molar-refractivity contribution in [1.29, 1.82) is 0 Å². The first-order chi connectivity index (χ1) is 51.9. The Morgan fingerprint density at radius 3 is 1.20 bits per heavy atom. The maximum absolute atomic E-state index is 10.8. The highest BCUT2D eigenvalue weighted by Crippen LogP contribution is 2.08. The number of aliphatic hydroxyl groups excluding tert-OH is 9. The molecule has 6 aliphatic heterocycles. The van der Waals surface area contributed by atoms with E-state index in [1.54, 1.807) is 88.3 Å². The van der Waals surface area contributed by atoms with Gasteiger partial charge in [-0.05, 0) is 144 Å². The van der Waals surface area contributed by atoms with Gasteiger partial charge in [0.2, 0.25) is 0 Å². The van der Waals surface area contributed by atoms with E-state index in [1.807, 2.05) is 80.3 Å². The first-order valence-electron chi connectivity index (χ1n) is 37.7. The molecule has 7 heterocycles. The average molecular weight is 1630 g/mol. The first-order valence-corrected chi connectivity index (χ1v) is 40.7. The Labute approximate surface area is 668 Å².